The molecule has 3 atom stereocenters. The van der Waals surface area contributed by atoms with Crippen LogP contribution in [0.5, 0.6) is 0 Å². The molecule has 2 rings (SSSR count). The summed E-state index contributed by atoms with van der Waals surface area (Å²) in [6, 6.07) is 4.67. The van der Waals surface area contributed by atoms with Crippen LogP contribution in [0.3, 0.4) is 0 Å². The summed E-state index contributed by atoms with van der Waals surface area (Å²) in [5.74, 6) is 7.34. The summed E-state index contributed by atoms with van der Waals surface area (Å²) >= 11 is 1.81. The molecule has 2 nitrogen and oxygen atoms in total. The highest BCUT2D eigenvalue weighted by Gasteiger charge is 2.30. The zero-order chi connectivity index (χ0) is 10.7. The number of hydrazine groups is 1. The van der Waals surface area contributed by atoms with Crippen molar-refractivity contribution in [3.63, 3.8) is 0 Å². The monoisotopic (exact) mass is 224 g/mol. The largest absolute Gasteiger partial charge is 0.271 e. The van der Waals surface area contributed by atoms with Crippen LogP contribution in [0.2, 0.25) is 0 Å². The Labute approximate surface area is 95.8 Å². The standard InChI is InChI=1S/C12H20N2S/c1-2-9-5-6-10(8-9)12(14-13)11-4-3-7-15-11/h3-4,7,9-10,12,14H,2,5-6,8,13H2,1H3. The summed E-state index contributed by atoms with van der Waals surface area (Å²) in [7, 11) is 0. The lowest BCUT2D eigenvalue weighted by molar-refractivity contribution is 0.363. The molecule has 3 heteroatoms. The number of hydrogen-bond acceptors (Lipinski definition) is 3. The molecule has 84 valence electrons. The van der Waals surface area contributed by atoms with Gasteiger partial charge in [0.2, 0.25) is 0 Å². The van der Waals surface area contributed by atoms with Gasteiger partial charge in [-0.25, -0.2) is 0 Å². The van der Waals surface area contributed by atoms with Crippen molar-refractivity contribution in [3.05, 3.63) is 22.4 Å². The molecule has 3 N–H and O–H groups in total. The molecule has 0 spiro atoms. The maximum absolute atomic E-state index is 5.69. The van der Waals surface area contributed by atoms with Gasteiger partial charge in [0, 0.05) is 4.88 Å². The molecule has 3 unspecified atom stereocenters. The summed E-state index contributed by atoms with van der Waals surface area (Å²) < 4.78 is 0. The van der Waals surface area contributed by atoms with E-state index in [2.05, 4.69) is 29.9 Å². The van der Waals surface area contributed by atoms with Crippen LogP contribution >= 0.6 is 11.3 Å². The number of nitrogens with one attached hydrogen (secondary N) is 1. The highest BCUT2D eigenvalue weighted by Crippen LogP contribution is 2.40. The van der Waals surface area contributed by atoms with Crippen molar-refractivity contribution in [2.24, 2.45) is 17.7 Å². The second-order valence-electron chi connectivity index (χ2n) is 4.51. The zero-order valence-electron chi connectivity index (χ0n) is 9.28. The van der Waals surface area contributed by atoms with Crippen LogP contribution in [0.25, 0.3) is 0 Å². The van der Waals surface area contributed by atoms with Gasteiger partial charge in [-0.3, -0.25) is 11.3 Å². The molecule has 1 fully saturated rings. The third-order valence-electron chi connectivity index (χ3n) is 3.66. The third kappa shape index (κ3) is 2.41. The van der Waals surface area contributed by atoms with E-state index < -0.39 is 0 Å². The lowest BCUT2D eigenvalue weighted by Gasteiger charge is -2.21. The summed E-state index contributed by atoms with van der Waals surface area (Å²) in [5.41, 5.74) is 3.00. The van der Waals surface area contributed by atoms with Gasteiger partial charge in [0.05, 0.1) is 6.04 Å². The van der Waals surface area contributed by atoms with E-state index in [0.29, 0.717) is 6.04 Å². The minimum Gasteiger partial charge on any atom is -0.271 e. The topological polar surface area (TPSA) is 38.0 Å². The van der Waals surface area contributed by atoms with E-state index in [9.17, 15) is 0 Å². The first-order valence-electron chi connectivity index (χ1n) is 5.84. The maximum Gasteiger partial charge on any atom is 0.0581 e. The van der Waals surface area contributed by atoms with Crippen molar-refractivity contribution in [1.29, 1.82) is 0 Å². The fourth-order valence-corrected chi connectivity index (χ4v) is 3.58. The van der Waals surface area contributed by atoms with Crippen LogP contribution < -0.4 is 11.3 Å². The van der Waals surface area contributed by atoms with Crippen molar-refractivity contribution in [2.75, 3.05) is 0 Å². The van der Waals surface area contributed by atoms with Gasteiger partial charge < -0.3 is 0 Å². The Hall–Kier alpha value is -0.380. The smallest absolute Gasteiger partial charge is 0.0581 e. The minimum atomic E-state index is 0.376. The molecule has 0 aromatic carbocycles. The van der Waals surface area contributed by atoms with E-state index in [0.717, 1.165) is 11.8 Å². The van der Waals surface area contributed by atoms with Gasteiger partial charge in [-0.05, 0) is 36.1 Å². The Morgan fingerprint density at radius 2 is 2.47 bits per heavy atom. The second-order valence-corrected chi connectivity index (χ2v) is 5.49. The first-order chi connectivity index (χ1) is 7.35. The summed E-state index contributed by atoms with van der Waals surface area (Å²) in [6.07, 6.45) is 5.36. The predicted octanol–water partition coefficient (Wildman–Crippen LogP) is 3.08. The summed E-state index contributed by atoms with van der Waals surface area (Å²) in [4.78, 5) is 1.39. The fourth-order valence-electron chi connectivity index (χ4n) is 2.71. The van der Waals surface area contributed by atoms with Gasteiger partial charge in [0.1, 0.15) is 0 Å². The van der Waals surface area contributed by atoms with E-state index in [4.69, 9.17) is 5.84 Å². The number of rotatable bonds is 4. The molecule has 1 saturated carbocycles. The SMILES string of the molecule is CCC1CCC(C(NN)c2cccs2)C1. The van der Waals surface area contributed by atoms with Crippen LogP contribution in [-0.2, 0) is 0 Å². The Balaban J connectivity index is 2.02. The van der Waals surface area contributed by atoms with Gasteiger partial charge in [-0.1, -0.05) is 25.8 Å². The zero-order valence-corrected chi connectivity index (χ0v) is 10.1. The highest BCUT2D eigenvalue weighted by molar-refractivity contribution is 7.10. The maximum atomic E-state index is 5.69. The molecule has 1 aliphatic carbocycles. The predicted molar refractivity (Wildman–Crippen MR) is 65.5 cm³/mol. The average Bonchev–Trinajstić information content (AvgIpc) is 2.89. The molecule has 1 aromatic rings. The van der Waals surface area contributed by atoms with Gasteiger partial charge >= 0.3 is 0 Å². The molecular formula is C12H20N2S. The number of hydrogen-bond donors (Lipinski definition) is 2. The lowest BCUT2D eigenvalue weighted by Crippen LogP contribution is -2.32. The molecule has 0 amide bonds. The van der Waals surface area contributed by atoms with E-state index in [-0.39, 0.29) is 0 Å². The molecule has 15 heavy (non-hydrogen) atoms. The first kappa shape index (κ1) is 11.1. The van der Waals surface area contributed by atoms with Crippen molar-refractivity contribution in [2.45, 2.75) is 38.6 Å². The molecule has 0 bridgehead atoms. The third-order valence-corrected chi connectivity index (χ3v) is 4.62. The number of nitrogens with two attached hydrogens (primary N) is 1. The van der Waals surface area contributed by atoms with Crippen molar-refractivity contribution >= 4 is 11.3 Å². The Bertz CT molecular complexity index is 284. The van der Waals surface area contributed by atoms with Gasteiger partial charge in [-0.2, -0.15) is 0 Å². The molecule has 0 radical (unpaired) electrons. The Morgan fingerprint density at radius 1 is 1.60 bits per heavy atom. The number of thiophene rings is 1. The van der Waals surface area contributed by atoms with Crippen LogP contribution in [0, 0.1) is 11.8 Å². The Morgan fingerprint density at radius 3 is 3.00 bits per heavy atom. The first-order valence-corrected chi connectivity index (χ1v) is 6.72. The van der Waals surface area contributed by atoms with Crippen molar-refractivity contribution in [3.8, 4) is 0 Å². The summed E-state index contributed by atoms with van der Waals surface area (Å²) in [6.45, 7) is 2.29. The van der Waals surface area contributed by atoms with E-state index in [1.165, 1.54) is 30.6 Å². The van der Waals surface area contributed by atoms with Crippen LogP contribution in [0.4, 0.5) is 0 Å². The normalized spacial score (nSPS) is 28.1. The van der Waals surface area contributed by atoms with Crippen LogP contribution in [0.1, 0.15) is 43.5 Å². The fraction of sp³-hybridized carbons (Fsp3) is 0.667. The van der Waals surface area contributed by atoms with E-state index in [1.807, 2.05) is 11.3 Å². The quantitative estimate of drug-likeness (QED) is 0.609. The molecular weight excluding hydrogens is 204 g/mol. The van der Waals surface area contributed by atoms with Crippen molar-refractivity contribution in [1.82, 2.24) is 5.43 Å². The molecule has 0 aliphatic heterocycles. The van der Waals surface area contributed by atoms with Gasteiger partial charge in [-0.15, -0.1) is 11.3 Å². The highest BCUT2D eigenvalue weighted by atomic mass is 32.1. The molecule has 1 aromatic heterocycles. The second kappa shape index (κ2) is 5.10. The molecule has 1 aliphatic rings. The van der Waals surface area contributed by atoms with Crippen LogP contribution in [0.15, 0.2) is 17.5 Å². The average molecular weight is 224 g/mol. The van der Waals surface area contributed by atoms with E-state index >= 15 is 0 Å². The lowest BCUT2D eigenvalue weighted by atomic mass is 9.95. The van der Waals surface area contributed by atoms with Crippen molar-refractivity contribution < 1.29 is 0 Å². The van der Waals surface area contributed by atoms with Gasteiger partial charge in [0.25, 0.3) is 0 Å². The molecule has 1 heterocycles. The van der Waals surface area contributed by atoms with Gasteiger partial charge in [0.15, 0.2) is 0 Å². The summed E-state index contributed by atoms with van der Waals surface area (Å²) in [5, 5.41) is 2.13. The van der Waals surface area contributed by atoms with E-state index in [1.54, 1.807) is 0 Å². The van der Waals surface area contributed by atoms with Crippen LogP contribution in [-0.4, -0.2) is 0 Å². The Kier molecular flexibility index (Phi) is 3.78. The minimum absolute atomic E-state index is 0.376. The molecule has 0 saturated heterocycles.